The number of piperidine rings is 1. The molecule has 1 unspecified atom stereocenters. The molecular formula is C18H21N3O5. The van der Waals surface area contributed by atoms with Gasteiger partial charge in [-0.05, 0) is 37.1 Å². The Morgan fingerprint density at radius 1 is 1.35 bits per heavy atom. The summed E-state index contributed by atoms with van der Waals surface area (Å²) in [5, 5.41) is 17.8. The number of benzene rings is 1. The third kappa shape index (κ3) is 5.21. The number of rotatable bonds is 6. The average Bonchev–Trinajstić information content (AvgIpc) is 2.66. The first-order valence-corrected chi connectivity index (χ1v) is 8.28. The molecule has 1 aromatic carbocycles. The van der Waals surface area contributed by atoms with Crippen molar-refractivity contribution in [2.75, 3.05) is 33.3 Å². The van der Waals surface area contributed by atoms with E-state index in [1.807, 2.05) is 6.07 Å². The van der Waals surface area contributed by atoms with E-state index in [2.05, 4.69) is 0 Å². The second kappa shape index (κ2) is 8.85. The molecule has 1 fully saturated rings. The summed E-state index contributed by atoms with van der Waals surface area (Å²) in [7, 11) is 1.50. The van der Waals surface area contributed by atoms with Crippen LogP contribution in [0.2, 0.25) is 0 Å². The van der Waals surface area contributed by atoms with Gasteiger partial charge >= 0.3 is 5.97 Å². The monoisotopic (exact) mass is 359 g/mol. The maximum absolute atomic E-state index is 12.3. The summed E-state index contributed by atoms with van der Waals surface area (Å²) >= 11 is 0. The largest absolute Gasteiger partial charge is 0.484 e. The van der Waals surface area contributed by atoms with Gasteiger partial charge < -0.3 is 19.6 Å². The number of carboxylic acid groups (broad SMARTS) is 1. The normalized spacial score (nSPS) is 16.5. The molecular weight excluding hydrogens is 338 g/mol. The highest BCUT2D eigenvalue weighted by Crippen LogP contribution is 2.17. The van der Waals surface area contributed by atoms with E-state index in [4.69, 9.17) is 15.1 Å². The Kier molecular flexibility index (Phi) is 6.55. The first kappa shape index (κ1) is 19.2. The highest BCUT2D eigenvalue weighted by molar-refractivity contribution is 5.85. The predicted octanol–water partition coefficient (Wildman–Crippen LogP) is 0.719. The topological polar surface area (TPSA) is 111 Å². The van der Waals surface area contributed by atoms with Crippen molar-refractivity contribution in [2.45, 2.75) is 12.8 Å². The molecule has 8 heteroatoms. The number of likely N-dealkylation sites (N-methyl/N-ethyl adjacent to an activating group) is 1. The molecule has 26 heavy (non-hydrogen) atoms. The molecule has 1 saturated heterocycles. The first-order valence-electron chi connectivity index (χ1n) is 8.28. The van der Waals surface area contributed by atoms with E-state index < -0.39 is 11.9 Å². The second-order valence-corrected chi connectivity index (χ2v) is 6.19. The molecule has 1 aromatic rings. The van der Waals surface area contributed by atoms with Gasteiger partial charge in [0, 0.05) is 20.1 Å². The van der Waals surface area contributed by atoms with Gasteiger partial charge in [-0.25, -0.2) is 0 Å². The molecule has 0 radical (unpaired) electrons. The minimum atomic E-state index is -0.900. The van der Waals surface area contributed by atoms with Crippen molar-refractivity contribution in [2.24, 2.45) is 5.92 Å². The molecule has 1 atom stereocenters. The van der Waals surface area contributed by atoms with E-state index in [0.29, 0.717) is 30.7 Å². The van der Waals surface area contributed by atoms with Gasteiger partial charge in [-0.1, -0.05) is 0 Å². The number of hydrogen-bond donors (Lipinski definition) is 1. The van der Waals surface area contributed by atoms with Gasteiger partial charge in [0.05, 0.1) is 24.1 Å². The molecule has 2 amide bonds. The third-order valence-electron chi connectivity index (χ3n) is 4.27. The van der Waals surface area contributed by atoms with E-state index in [-0.39, 0.29) is 31.5 Å². The van der Waals surface area contributed by atoms with Gasteiger partial charge in [-0.2, -0.15) is 5.26 Å². The zero-order valence-corrected chi connectivity index (χ0v) is 14.6. The maximum Gasteiger partial charge on any atom is 0.308 e. The molecule has 1 heterocycles. The SMILES string of the molecule is CN(CC(=O)N1CCCC(C(=O)O)C1)C(=O)COc1ccc(C#N)cc1. The van der Waals surface area contributed by atoms with E-state index >= 15 is 0 Å². The van der Waals surface area contributed by atoms with Crippen LogP contribution in [0, 0.1) is 17.2 Å². The molecule has 138 valence electrons. The second-order valence-electron chi connectivity index (χ2n) is 6.19. The Hall–Kier alpha value is -3.08. The fraction of sp³-hybridized carbons (Fsp3) is 0.444. The van der Waals surface area contributed by atoms with E-state index in [0.717, 1.165) is 0 Å². The number of likely N-dealkylation sites (tertiary alicyclic amines) is 1. The summed E-state index contributed by atoms with van der Waals surface area (Å²) in [6.07, 6.45) is 1.20. The summed E-state index contributed by atoms with van der Waals surface area (Å²) in [4.78, 5) is 38.2. The number of aliphatic carboxylic acids is 1. The first-order chi connectivity index (χ1) is 12.4. The Balaban J connectivity index is 1.81. The zero-order valence-electron chi connectivity index (χ0n) is 14.6. The smallest absolute Gasteiger partial charge is 0.308 e. The Morgan fingerprint density at radius 2 is 2.04 bits per heavy atom. The van der Waals surface area contributed by atoms with Crippen molar-refractivity contribution in [1.29, 1.82) is 5.26 Å². The molecule has 0 aromatic heterocycles. The fourth-order valence-corrected chi connectivity index (χ4v) is 2.68. The lowest BCUT2D eigenvalue weighted by molar-refractivity contribution is -0.147. The van der Waals surface area contributed by atoms with Crippen LogP contribution >= 0.6 is 0 Å². The number of hydrogen-bond acceptors (Lipinski definition) is 5. The van der Waals surface area contributed by atoms with E-state index in [1.165, 1.54) is 16.8 Å². The zero-order chi connectivity index (χ0) is 19.1. The van der Waals surface area contributed by atoms with Gasteiger partial charge in [0.15, 0.2) is 6.61 Å². The number of ether oxygens (including phenoxy) is 1. The summed E-state index contributed by atoms with van der Waals surface area (Å²) in [5.74, 6) is -1.63. The highest BCUT2D eigenvalue weighted by atomic mass is 16.5. The number of nitrogens with zero attached hydrogens (tertiary/aromatic N) is 3. The molecule has 0 spiro atoms. The molecule has 1 aliphatic heterocycles. The molecule has 0 bridgehead atoms. The number of amides is 2. The average molecular weight is 359 g/mol. The number of carbonyl (C=O) groups is 3. The van der Waals surface area contributed by atoms with Crippen molar-refractivity contribution in [3.63, 3.8) is 0 Å². The van der Waals surface area contributed by atoms with Crippen molar-refractivity contribution in [1.82, 2.24) is 9.80 Å². The minimum Gasteiger partial charge on any atom is -0.484 e. The van der Waals surface area contributed by atoms with Crippen LogP contribution in [0.15, 0.2) is 24.3 Å². The van der Waals surface area contributed by atoms with Gasteiger partial charge in [0.2, 0.25) is 5.91 Å². The molecule has 2 rings (SSSR count). The number of nitriles is 1. The predicted molar refractivity (Wildman–Crippen MR) is 91.2 cm³/mol. The summed E-state index contributed by atoms with van der Waals surface area (Å²) < 4.78 is 5.36. The molecule has 0 aliphatic carbocycles. The lowest BCUT2D eigenvalue weighted by atomic mass is 9.98. The summed E-state index contributed by atoms with van der Waals surface area (Å²) in [6, 6.07) is 8.35. The van der Waals surface area contributed by atoms with E-state index in [9.17, 15) is 14.4 Å². The van der Waals surface area contributed by atoms with E-state index in [1.54, 1.807) is 24.3 Å². The number of carboxylic acids is 1. The van der Waals surface area contributed by atoms with Gasteiger partial charge in [0.1, 0.15) is 5.75 Å². The van der Waals surface area contributed by atoms with Crippen molar-refractivity contribution >= 4 is 17.8 Å². The van der Waals surface area contributed by atoms with Gasteiger partial charge in [0.25, 0.3) is 5.91 Å². The van der Waals surface area contributed by atoms with Crippen molar-refractivity contribution < 1.29 is 24.2 Å². The summed E-state index contributed by atoms with van der Waals surface area (Å²) in [5.41, 5.74) is 0.493. The lowest BCUT2D eigenvalue weighted by Crippen LogP contribution is -2.47. The molecule has 1 N–H and O–H groups in total. The molecule has 1 aliphatic rings. The summed E-state index contributed by atoms with van der Waals surface area (Å²) in [6.45, 7) is 0.333. The third-order valence-corrected chi connectivity index (χ3v) is 4.27. The van der Waals surface area contributed by atoms with Crippen LogP contribution in [0.4, 0.5) is 0 Å². The Morgan fingerprint density at radius 3 is 2.65 bits per heavy atom. The van der Waals surface area contributed by atoms with Crippen LogP contribution in [0.3, 0.4) is 0 Å². The van der Waals surface area contributed by atoms with Crippen LogP contribution in [0.1, 0.15) is 18.4 Å². The lowest BCUT2D eigenvalue weighted by Gasteiger charge is -2.32. The van der Waals surface area contributed by atoms with Gasteiger partial charge in [-0.3, -0.25) is 14.4 Å². The van der Waals surface area contributed by atoms with Crippen LogP contribution in [0.25, 0.3) is 0 Å². The van der Waals surface area contributed by atoms with Crippen molar-refractivity contribution in [3.8, 4) is 11.8 Å². The van der Waals surface area contributed by atoms with Crippen LogP contribution in [-0.4, -0.2) is 66.0 Å². The fourth-order valence-electron chi connectivity index (χ4n) is 2.68. The van der Waals surface area contributed by atoms with Crippen LogP contribution in [-0.2, 0) is 14.4 Å². The Labute approximate surface area is 151 Å². The Bertz CT molecular complexity index is 711. The highest BCUT2D eigenvalue weighted by Gasteiger charge is 2.28. The minimum absolute atomic E-state index is 0.123. The quantitative estimate of drug-likeness (QED) is 0.801. The number of carbonyl (C=O) groups excluding carboxylic acids is 2. The molecule has 0 saturated carbocycles. The van der Waals surface area contributed by atoms with Gasteiger partial charge in [-0.15, -0.1) is 0 Å². The van der Waals surface area contributed by atoms with Crippen molar-refractivity contribution in [3.05, 3.63) is 29.8 Å². The van der Waals surface area contributed by atoms with Crippen LogP contribution < -0.4 is 4.74 Å². The maximum atomic E-state index is 12.3. The van der Waals surface area contributed by atoms with Crippen LogP contribution in [0.5, 0.6) is 5.75 Å². The molecule has 8 nitrogen and oxygen atoms in total. The standard InChI is InChI=1S/C18H21N3O5/c1-20(11-16(22)21-8-2-3-14(10-21)18(24)25)17(23)12-26-15-6-4-13(9-19)5-7-15/h4-7,14H,2-3,8,10-12H2,1H3,(H,24,25).